The van der Waals surface area contributed by atoms with Crippen LogP contribution in [0, 0.1) is 5.41 Å². The van der Waals surface area contributed by atoms with Gasteiger partial charge in [0, 0.05) is 5.41 Å². The monoisotopic (exact) mass is 350 g/mol. The van der Waals surface area contributed by atoms with Gasteiger partial charge in [-0.05, 0) is 6.42 Å². The first-order valence-electron chi connectivity index (χ1n) is 5.77. The van der Waals surface area contributed by atoms with Gasteiger partial charge in [0.25, 0.3) is 0 Å². The van der Waals surface area contributed by atoms with Crippen LogP contribution in [0.2, 0.25) is 0 Å². The molecule has 0 saturated heterocycles. The van der Waals surface area contributed by atoms with Gasteiger partial charge in [-0.15, -0.1) is 0 Å². The van der Waals surface area contributed by atoms with Gasteiger partial charge in [0.1, 0.15) is 0 Å². The van der Waals surface area contributed by atoms with Crippen molar-refractivity contribution in [1.29, 1.82) is 0 Å². The number of aliphatic carboxylic acids is 1. The summed E-state index contributed by atoms with van der Waals surface area (Å²) in [4.78, 5) is 47.7. The molecule has 0 aliphatic carbocycles. The Labute approximate surface area is 120 Å². The molecule has 2 unspecified atom stereocenters. The zero-order valence-corrected chi connectivity index (χ0v) is 13.4. The zero-order chi connectivity index (χ0) is 17.4. The van der Waals surface area contributed by atoms with E-state index in [4.69, 9.17) is 5.11 Å². The van der Waals surface area contributed by atoms with Gasteiger partial charge in [-0.3, -0.25) is 9.13 Å². The first-order valence-corrected chi connectivity index (χ1v) is 9.13. The summed E-state index contributed by atoms with van der Waals surface area (Å²) >= 11 is 0. The van der Waals surface area contributed by atoms with Crippen LogP contribution in [0.25, 0.3) is 0 Å². The molecule has 0 bridgehead atoms. The van der Waals surface area contributed by atoms with Gasteiger partial charge in [-0.2, -0.15) is 0 Å². The smallest absolute Gasteiger partial charge is 0.343 e. The molecule has 21 heavy (non-hydrogen) atoms. The van der Waals surface area contributed by atoms with E-state index in [2.05, 4.69) is 0 Å². The zero-order valence-electron chi connectivity index (χ0n) is 11.6. The largest absolute Gasteiger partial charge is 0.479 e. The average molecular weight is 350 g/mol. The standard InChI is InChI=1S/C9H20O10P2/c1-4-9(13,8(2,3)5(10)6(11)12)7(20(14,15)16)21(17,18)19/h5,7,10,13H,4H2,1-3H3,(H,11,12)(H2,14,15,16)(H2,17,18,19). The van der Waals surface area contributed by atoms with E-state index >= 15 is 0 Å². The molecule has 0 aliphatic heterocycles. The molecule has 0 fully saturated rings. The maximum absolute atomic E-state index is 11.4. The molecule has 0 aromatic rings. The van der Waals surface area contributed by atoms with Crippen LogP contribution in [0.4, 0.5) is 0 Å². The van der Waals surface area contributed by atoms with Crippen molar-refractivity contribution in [1.82, 2.24) is 0 Å². The summed E-state index contributed by atoms with van der Waals surface area (Å²) in [7, 11) is -11.0. The third-order valence-electron chi connectivity index (χ3n) is 3.64. The third kappa shape index (κ3) is 3.91. The molecular weight excluding hydrogens is 330 g/mol. The number of rotatable bonds is 7. The highest BCUT2D eigenvalue weighted by molar-refractivity contribution is 7.71. The van der Waals surface area contributed by atoms with Gasteiger partial charge in [-0.25, -0.2) is 4.79 Å². The fourth-order valence-corrected chi connectivity index (χ4v) is 5.98. The Balaban J connectivity index is 6.33. The van der Waals surface area contributed by atoms with Crippen LogP contribution >= 0.6 is 15.2 Å². The SMILES string of the molecule is CCC(O)(C(P(=O)(O)O)P(=O)(O)O)C(C)(C)C(O)C(=O)O. The lowest BCUT2D eigenvalue weighted by Gasteiger charge is -2.47. The quantitative estimate of drug-likeness (QED) is 0.288. The van der Waals surface area contributed by atoms with Gasteiger partial charge in [0.05, 0.1) is 5.60 Å². The van der Waals surface area contributed by atoms with Crippen LogP contribution in [0.5, 0.6) is 0 Å². The molecule has 0 heterocycles. The molecule has 0 aromatic carbocycles. The van der Waals surface area contributed by atoms with Crippen molar-refractivity contribution in [3.63, 3.8) is 0 Å². The van der Waals surface area contributed by atoms with Gasteiger partial charge in [-0.1, -0.05) is 20.8 Å². The highest BCUT2D eigenvalue weighted by Crippen LogP contribution is 2.67. The molecule has 0 rings (SSSR count). The van der Waals surface area contributed by atoms with Crippen molar-refractivity contribution in [2.24, 2.45) is 5.41 Å². The second-order valence-corrected chi connectivity index (χ2v) is 9.09. The normalized spacial score (nSPS) is 18.4. The summed E-state index contributed by atoms with van der Waals surface area (Å²) < 4.78 is 22.9. The van der Waals surface area contributed by atoms with E-state index in [1.807, 2.05) is 0 Å². The summed E-state index contributed by atoms with van der Waals surface area (Å²) in [5, 5.41) is 26.1. The van der Waals surface area contributed by atoms with Crippen molar-refractivity contribution in [2.45, 2.75) is 44.3 Å². The average Bonchev–Trinajstić information content (AvgIpc) is 2.23. The number of aliphatic hydroxyl groups is 2. The fourth-order valence-electron chi connectivity index (χ4n) is 2.27. The Kier molecular flexibility index (Phi) is 5.97. The first-order chi connectivity index (χ1) is 9.03. The van der Waals surface area contributed by atoms with Crippen molar-refractivity contribution in [2.75, 3.05) is 0 Å². The number of hydrogen-bond acceptors (Lipinski definition) is 5. The molecule has 7 N–H and O–H groups in total. The van der Waals surface area contributed by atoms with E-state index in [0.717, 1.165) is 20.8 Å². The molecular formula is C9H20O10P2. The second kappa shape index (κ2) is 6.06. The van der Waals surface area contributed by atoms with E-state index < -0.39 is 50.1 Å². The van der Waals surface area contributed by atoms with Gasteiger partial charge >= 0.3 is 21.2 Å². The third-order valence-corrected chi connectivity index (χ3v) is 7.57. The minimum atomic E-state index is -5.52. The molecule has 0 aliphatic rings. The number of carboxylic acid groups (broad SMARTS) is 1. The van der Waals surface area contributed by atoms with E-state index in [1.54, 1.807) is 0 Å². The lowest BCUT2D eigenvalue weighted by molar-refractivity contribution is -0.171. The van der Waals surface area contributed by atoms with Crippen LogP contribution in [0.1, 0.15) is 27.2 Å². The number of aliphatic hydroxyl groups excluding tert-OH is 1. The van der Waals surface area contributed by atoms with Gasteiger partial charge in [0.15, 0.2) is 11.5 Å². The van der Waals surface area contributed by atoms with Crippen LogP contribution in [0.15, 0.2) is 0 Å². The Morgan fingerprint density at radius 2 is 1.43 bits per heavy atom. The fraction of sp³-hybridized carbons (Fsp3) is 0.889. The highest BCUT2D eigenvalue weighted by atomic mass is 31.2. The molecule has 0 aromatic heterocycles. The van der Waals surface area contributed by atoms with Crippen LogP contribution in [0.3, 0.4) is 0 Å². The van der Waals surface area contributed by atoms with E-state index in [9.17, 15) is 43.7 Å². The number of carboxylic acids is 1. The van der Waals surface area contributed by atoms with Gasteiger partial charge < -0.3 is 34.9 Å². The Bertz CT molecular complexity index is 469. The minimum Gasteiger partial charge on any atom is -0.479 e. The molecule has 2 atom stereocenters. The predicted molar refractivity (Wildman–Crippen MR) is 70.5 cm³/mol. The lowest BCUT2D eigenvalue weighted by atomic mass is 9.70. The maximum Gasteiger partial charge on any atom is 0.343 e. The summed E-state index contributed by atoms with van der Waals surface area (Å²) in [5.41, 5.74) is -4.98. The molecule has 12 heteroatoms. The van der Waals surface area contributed by atoms with E-state index in [0.29, 0.717) is 0 Å². The minimum absolute atomic E-state index is 0.606. The maximum atomic E-state index is 11.4. The molecule has 0 amide bonds. The molecule has 0 radical (unpaired) electrons. The summed E-state index contributed by atoms with van der Waals surface area (Å²) in [6.45, 7) is 3.07. The molecule has 126 valence electrons. The Morgan fingerprint density at radius 1 is 1.10 bits per heavy atom. The van der Waals surface area contributed by atoms with E-state index in [-0.39, 0.29) is 0 Å². The van der Waals surface area contributed by atoms with Crippen LogP contribution < -0.4 is 0 Å². The molecule has 0 saturated carbocycles. The van der Waals surface area contributed by atoms with Crippen LogP contribution in [-0.4, -0.2) is 58.0 Å². The lowest BCUT2D eigenvalue weighted by Crippen LogP contribution is -2.59. The predicted octanol–water partition coefficient (Wildman–Crippen LogP) is -0.719. The Hall–Kier alpha value is -0.310. The molecule has 0 spiro atoms. The topological polar surface area (TPSA) is 193 Å². The second-order valence-electron chi connectivity index (χ2n) is 5.29. The van der Waals surface area contributed by atoms with Crippen molar-refractivity contribution >= 4 is 21.2 Å². The van der Waals surface area contributed by atoms with Crippen molar-refractivity contribution in [3.05, 3.63) is 0 Å². The van der Waals surface area contributed by atoms with E-state index in [1.165, 1.54) is 0 Å². The summed E-state index contributed by atoms with van der Waals surface area (Å²) in [6.07, 6.45) is -2.91. The summed E-state index contributed by atoms with van der Waals surface area (Å²) in [5.74, 6) is -1.80. The highest BCUT2D eigenvalue weighted by Gasteiger charge is 2.64. The Morgan fingerprint density at radius 3 is 1.62 bits per heavy atom. The van der Waals surface area contributed by atoms with Crippen molar-refractivity contribution in [3.8, 4) is 0 Å². The molecule has 10 nitrogen and oxygen atoms in total. The van der Waals surface area contributed by atoms with Crippen molar-refractivity contribution < 1.29 is 48.8 Å². The number of carbonyl (C=O) groups is 1. The summed E-state index contributed by atoms with van der Waals surface area (Å²) in [6, 6.07) is 0. The van der Waals surface area contributed by atoms with Crippen LogP contribution in [-0.2, 0) is 13.9 Å². The number of hydrogen-bond donors (Lipinski definition) is 7. The van der Waals surface area contributed by atoms with Gasteiger partial charge in [0.2, 0.25) is 0 Å². The first kappa shape index (κ1) is 20.7.